The standard InChI is InChI=1S/C12H15N3O3/c1-18-11-4-2-3-9(14-11)8-15-6-5-10(16)13-7-12(15)17/h2-4H,5-8H2,1H3,(H,13,16). The third-order valence-electron chi connectivity index (χ3n) is 2.74. The van der Waals surface area contributed by atoms with E-state index in [9.17, 15) is 9.59 Å². The van der Waals surface area contributed by atoms with E-state index < -0.39 is 0 Å². The van der Waals surface area contributed by atoms with Gasteiger partial charge in [0, 0.05) is 19.0 Å². The van der Waals surface area contributed by atoms with E-state index in [0.717, 1.165) is 5.69 Å². The number of rotatable bonds is 3. The average Bonchev–Trinajstić information content (AvgIpc) is 2.54. The van der Waals surface area contributed by atoms with Crippen LogP contribution in [0.25, 0.3) is 0 Å². The Balaban J connectivity index is 2.07. The SMILES string of the molecule is COc1cccc(CN2CCC(=O)NCC2=O)n1. The minimum atomic E-state index is -0.0931. The molecule has 2 rings (SSSR count). The Bertz CT molecular complexity index is 462. The summed E-state index contributed by atoms with van der Waals surface area (Å²) in [5, 5.41) is 2.56. The number of hydrogen-bond donors (Lipinski definition) is 1. The van der Waals surface area contributed by atoms with Crippen LogP contribution in [-0.4, -0.2) is 41.9 Å². The molecule has 1 aromatic rings. The summed E-state index contributed by atoms with van der Waals surface area (Å²) in [6.07, 6.45) is 0.329. The lowest BCUT2D eigenvalue weighted by Gasteiger charge is -2.19. The van der Waals surface area contributed by atoms with E-state index in [1.54, 1.807) is 18.1 Å². The molecule has 18 heavy (non-hydrogen) atoms. The summed E-state index contributed by atoms with van der Waals surface area (Å²) in [6, 6.07) is 5.40. The second-order valence-corrected chi connectivity index (χ2v) is 4.01. The third-order valence-corrected chi connectivity index (χ3v) is 2.74. The molecule has 1 aromatic heterocycles. The molecule has 1 fully saturated rings. The van der Waals surface area contributed by atoms with E-state index in [1.165, 1.54) is 0 Å². The first-order chi connectivity index (χ1) is 8.69. The fourth-order valence-electron chi connectivity index (χ4n) is 1.76. The molecule has 0 aliphatic carbocycles. The Labute approximate surface area is 105 Å². The zero-order valence-electron chi connectivity index (χ0n) is 10.2. The van der Waals surface area contributed by atoms with E-state index >= 15 is 0 Å². The maximum Gasteiger partial charge on any atom is 0.242 e. The van der Waals surface area contributed by atoms with Crippen molar-refractivity contribution in [3.05, 3.63) is 23.9 Å². The van der Waals surface area contributed by atoms with Gasteiger partial charge in [-0.1, -0.05) is 6.07 Å². The number of nitrogens with zero attached hydrogens (tertiary/aromatic N) is 2. The molecule has 2 amide bonds. The Kier molecular flexibility index (Phi) is 3.76. The quantitative estimate of drug-likeness (QED) is 0.814. The van der Waals surface area contributed by atoms with Crippen molar-refractivity contribution in [2.75, 3.05) is 20.2 Å². The Morgan fingerprint density at radius 3 is 3.06 bits per heavy atom. The minimum Gasteiger partial charge on any atom is -0.481 e. The number of aromatic nitrogens is 1. The predicted octanol–water partition coefficient (Wildman–Crippen LogP) is -0.0613. The van der Waals surface area contributed by atoms with Gasteiger partial charge >= 0.3 is 0 Å². The number of methoxy groups -OCH3 is 1. The number of amides is 2. The van der Waals surface area contributed by atoms with Crippen LogP contribution in [0.2, 0.25) is 0 Å². The molecule has 1 aliphatic heterocycles. The van der Waals surface area contributed by atoms with Gasteiger partial charge in [0.1, 0.15) is 0 Å². The molecule has 1 saturated heterocycles. The van der Waals surface area contributed by atoms with E-state index in [0.29, 0.717) is 25.4 Å². The van der Waals surface area contributed by atoms with Crippen molar-refractivity contribution in [1.82, 2.24) is 15.2 Å². The fourth-order valence-corrected chi connectivity index (χ4v) is 1.76. The van der Waals surface area contributed by atoms with Gasteiger partial charge in [-0.25, -0.2) is 4.98 Å². The largest absolute Gasteiger partial charge is 0.481 e. The average molecular weight is 249 g/mol. The molecule has 0 saturated carbocycles. The lowest BCUT2D eigenvalue weighted by atomic mass is 10.3. The summed E-state index contributed by atoms with van der Waals surface area (Å²) in [4.78, 5) is 28.8. The second kappa shape index (κ2) is 5.48. The Morgan fingerprint density at radius 1 is 1.44 bits per heavy atom. The van der Waals surface area contributed by atoms with E-state index in [-0.39, 0.29) is 18.4 Å². The smallest absolute Gasteiger partial charge is 0.242 e. The van der Waals surface area contributed by atoms with Gasteiger partial charge in [0.15, 0.2) is 0 Å². The zero-order valence-corrected chi connectivity index (χ0v) is 10.2. The van der Waals surface area contributed by atoms with Crippen LogP contribution in [0.4, 0.5) is 0 Å². The number of ether oxygens (including phenoxy) is 1. The molecule has 0 spiro atoms. The highest BCUT2D eigenvalue weighted by molar-refractivity contribution is 5.87. The van der Waals surface area contributed by atoms with Crippen LogP contribution >= 0.6 is 0 Å². The fraction of sp³-hybridized carbons (Fsp3) is 0.417. The van der Waals surface area contributed by atoms with E-state index in [4.69, 9.17) is 4.74 Å². The Hall–Kier alpha value is -2.11. The summed E-state index contributed by atoms with van der Waals surface area (Å²) >= 11 is 0. The van der Waals surface area contributed by atoms with Crippen LogP contribution in [0, 0.1) is 0 Å². The van der Waals surface area contributed by atoms with Crippen molar-refractivity contribution >= 4 is 11.8 Å². The van der Waals surface area contributed by atoms with Crippen molar-refractivity contribution in [3.8, 4) is 5.88 Å². The second-order valence-electron chi connectivity index (χ2n) is 4.01. The van der Waals surface area contributed by atoms with Gasteiger partial charge in [-0.05, 0) is 6.07 Å². The lowest BCUT2D eigenvalue weighted by molar-refractivity contribution is -0.130. The molecule has 6 nitrogen and oxygen atoms in total. The summed E-state index contributed by atoms with van der Waals surface area (Å²) in [6.45, 7) is 0.872. The normalized spacial score (nSPS) is 16.2. The highest BCUT2D eigenvalue weighted by Crippen LogP contribution is 2.10. The summed E-state index contributed by atoms with van der Waals surface area (Å²) in [7, 11) is 1.55. The minimum absolute atomic E-state index is 0.0583. The topological polar surface area (TPSA) is 71.5 Å². The first-order valence-corrected chi connectivity index (χ1v) is 5.73. The van der Waals surface area contributed by atoms with Gasteiger partial charge in [-0.3, -0.25) is 9.59 Å². The molecule has 2 heterocycles. The van der Waals surface area contributed by atoms with Gasteiger partial charge in [-0.2, -0.15) is 0 Å². The van der Waals surface area contributed by atoms with Crippen molar-refractivity contribution in [1.29, 1.82) is 0 Å². The monoisotopic (exact) mass is 249 g/mol. The number of carbonyl (C=O) groups excluding carboxylic acids is 2. The first-order valence-electron chi connectivity index (χ1n) is 5.73. The molecule has 96 valence electrons. The summed E-state index contributed by atoms with van der Waals surface area (Å²) in [5.74, 6) is 0.332. The molecular weight excluding hydrogens is 234 g/mol. The summed E-state index contributed by atoms with van der Waals surface area (Å²) in [5.41, 5.74) is 0.747. The summed E-state index contributed by atoms with van der Waals surface area (Å²) < 4.78 is 5.03. The van der Waals surface area contributed by atoms with Crippen LogP contribution < -0.4 is 10.1 Å². The van der Waals surface area contributed by atoms with Crippen LogP contribution in [0.15, 0.2) is 18.2 Å². The third kappa shape index (κ3) is 2.97. The molecule has 0 bridgehead atoms. The Morgan fingerprint density at radius 2 is 2.28 bits per heavy atom. The van der Waals surface area contributed by atoms with Gasteiger partial charge in [-0.15, -0.1) is 0 Å². The van der Waals surface area contributed by atoms with Crippen molar-refractivity contribution in [2.45, 2.75) is 13.0 Å². The van der Waals surface area contributed by atoms with Gasteiger partial charge < -0.3 is 15.0 Å². The maximum absolute atomic E-state index is 11.8. The number of pyridine rings is 1. The molecular formula is C12H15N3O3. The van der Waals surface area contributed by atoms with E-state index in [1.807, 2.05) is 12.1 Å². The highest BCUT2D eigenvalue weighted by Gasteiger charge is 2.20. The molecule has 1 aliphatic rings. The van der Waals surface area contributed by atoms with Gasteiger partial charge in [0.25, 0.3) is 0 Å². The molecule has 0 unspecified atom stereocenters. The zero-order chi connectivity index (χ0) is 13.0. The number of hydrogen-bond acceptors (Lipinski definition) is 4. The lowest BCUT2D eigenvalue weighted by Crippen LogP contribution is -2.34. The van der Waals surface area contributed by atoms with E-state index in [2.05, 4.69) is 10.3 Å². The van der Waals surface area contributed by atoms with Crippen LogP contribution in [0.1, 0.15) is 12.1 Å². The van der Waals surface area contributed by atoms with Crippen LogP contribution in [-0.2, 0) is 16.1 Å². The first kappa shape index (κ1) is 12.3. The van der Waals surface area contributed by atoms with Crippen molar-refractivity contribution < 1.29 is 14.3 Å². The molecule has 0 atom stereocenters. The maximum atomic E-state index is 11.8. The van der Waals surface area contributed by atoms with Crippen molar-refractivity contribution in [2.24, 2.45) is 0 Å². The van der Waals surface area contributed by atoms with Crippen LogP contribution in [0.5, 0.6) is 5.88 Å². The number of nitrogens with one attached hydrogen (secondary N) is 1. The molecule has 0 radical (unpaired) electrons. The highest BCUT2D eigenvalue weighted by atomic mass is 16.5. The van der Waals surface area contributed by atoms with Gasteiger partial charge in [0.05, 0.1) is 25.9 Å². The van der Waals surface area contributed by atoms with Crippen molar-refractivity contribution in [3.63, 3.8) is 0 Å². The molecule has 0 aromatic carbocycles. The van der Waals surface area contributed by atoms with Crippen LogP contribution in [0.3, 0.4) is 0 Å². The molecule has 6 heteroatoms. The number of carbonyl (C=O) groups is 2. The van der Waals surface area contributed by atoms with Gasteiger partial charge in [0.2, 0.25) is 17.7 Å². The molecule has 1 N–H and O–H groups in total. The predicted molar refractivity (Wildman–Crippen MR) is 63.8 cm³/mol.